The summed E-state index contributed by atoms with van der Waals surface area (Å²) in [5, 5.41) is -8.51. The van der Waals surface area contributed by atoms with E-state index in [-0.39, 0.29) is 51.4 Å². The van der Waals surface area contributed by atoms with Gasteiger partial charge in [-0.3, -0.25) is 4.55 Å². The van der Waals surface area contributed by atoms with Gasteiger partial charge in [-0.2, -0.15) is 171 Å². The maximum absolute atomic E-state index is 13.9. The van der Waals surface area contributed by atoms with Crippen LogP contribution in [0.3, 0.4) is 0 Å². The van der Waals surface area contributed by atoms with E-state index < -0.39 is 116 Å². The molecule has 0 atom stereocenters. The maximum atomic E-state index is 13.9. The molecule has 0 bridgehead atoms. The molecule has 0 saturated heterocycles. The third kappa shape index (κ3) is 6.88. The Morgan fingerprint density at radius 3 is 0.417 bits per heavy atom. The van der Waals surface area contributed by atoms with Crippen LogP contribution < -0.4 is 51.4 Å². The Hall–Kier alpha value is -1.04. The first-order valence-corrected chi connectivity index (χ1v) is 13.4. The smallest absolute Gasteiger partial charge is 0.281 e. The Labute approximate surface area is 342 Å². The second kappa shape index (κ2) is 14.7. The van der Waals surface area contributed by atoms with E-state index in [2.05, 4.69) is 0 Å². The van der Waals surface area contributed by atoms with E-state index in [1.807, 2.05) is 0 Å². The minimum atomic E-state index is -10.5. The van der Waals surface area contributed by atoms with Crippen LogP contribution in [-0.2, 0) is 10.1 Å². The van der Waals surface area contributed by atoms with Crippen LogP contribution in [0.4, 0.5) is 162 Å². The third-order valence-corrected chi connectivity index (χ3v) is 7.86. The van der Waals surface area contributed by atoms with Crippen molar-refractivity contribution in [1.29, 1.82) is 0 Å². The molecule has 0 aliphatic heterocycles. The largest absolute Gasteiger partial charge is 1.00 e. The van der Waals surface area contributed by atoms with Gasteiger partial charge in [-0.15, -0.1) is 0 Å². The Bertz CT molecular complexity index is 1690. The average Bonchev–Trinajstić information content (AvgIpc) is 2.98. The summed E-state index contributed by atoms with van der Waals surface area (Å²) >= 11 is 0. The first-order valence-electron chi connectivity index (χ1n) is 12.0. The van der Waals surface area contributed by atoms with E-state index in [1.165, 1.54) is 0 Å². The molecule has 0 unspecified atom stereocenters. The van der Waals surface area contributed by atoms with Gasteiger partial charge < -0.3 is 0 Å². The van der Waals surface area contributed by atoms with Crippen molar-refractivity contribution in [3.05, 3.63) is 0 Å². The summed E-state index contributed by atoms with van der Waals surface area (Å²) in [7, 11) is -8.52. The molecule has 0 aliphatic carbocycles. The fourth-order valence-corrected chi connectivity index (χ4v) is 3.74. The zero-order valence-corrected chi connectivity index (χ0v) is 29.6. The SMILES string of the molecule is O=S(=O)(O)C(F)(F)C(F)(F)C(F)(F)C(F)(F)C(F)(F)C(F)(F)C(F)(F)C(F)(F)C(F)(F)C(F)(F)C(F)(F)C(F)(F)C(F)(F)C(F)(F)C(F)(F)C(F)(F)C(F)(F)C(F)(F)F.[K+]. The van der Waals surface area contributed by atoms with Gasteiger partial charge in [0, 0.05) is 0 Å². The summed E-state index contributed by atoms with van der Waals surface area (Å²) in [6.07, 6.45) is -8.49. The number of alkyl halides is 37. The topological polar surface area (TPSA) is 54.4 Å². The van der Waals surface area contributed by atoms with Gasteiger partial charge in [0.2, 0.25) is 0 Å². The second-order valence-corrected chi connectivity index (χ2v) is 12.1. The molecule has 0 heterocycles. The minimum absolute atomic E-state index is 0. The van der Waals surface area contributed by atoms with E-state index in [0.717, 1.165) is 0 Å². The Balaban J connectivity index is 0. The monoisotopic (exact) mass is 1040 g/mol. The standard InChI is InChI=1S/C18HF37O3S.K/c19-1(20,3(23,24)5(27,28)7(31,32)9(35,36)11(39,40)13(43,44)15(47,48)17(51,52)53)2(21,22)4(25,26)6(29,30)8(33,34)10(37,38)12(41,42)14(45,46)16(49,50)18(54,55)59(56,57)58;/h(H,56,57,58);/q;+1. The van der Waals surface area contributed by atoms with Crippen molar-refractivity contribution >= 4 is 10.1 Å². The fraction of sp³-hybridized carbons (Fsp3) is 1.00. The Morgan fingerprint density at radius 1 is 0.217 bits per heavy atom. The quantitative estimate of drug-likeness (QED) is 0.0910. The summed E-state index contributed by atoms with van der Waals surface area (Å²) in [6.45, 7) is 0. The van der Waals surface area contributed by atoms with Gasteiger partial charge in [0.1, 0.15) is 0 Å². The molecule has 0 amide bonds. The molecule has 0 radical (unpaired) electrons. The summed E-state index contributed by atoms with van der Waals surface area (Å²) in [5.41, 5.74) is 0. The molecule has 0 aromatic heterocycles. The second-order valence-electron chi connectivity index (χ2n) is 10.7. The van der Waals surface area contributed by atoms with Crippen molar-refractivity contribution in [2.45, 2.75) is 106 Å². The number of hydrogen-bond acceptors (Lipinski definition) is 2. The van der Waals surface area contributed by atoms with Crippen LogP contribution in [0.2, 0.25) is 0 Å². The molecule has 1 N–H and O–H groups in total. The molecule has 0 aromatic carbocycles. The molecule has 0 saturated carbocycles. The van der Waals surface area contributed by atoms with Gasteiger partial charge in [0.15, 0.2) is 0 Å². The Kier molecular flexibility index (Phi) is 15.0. The fourth-order valence-electron chi connectivity index (χ4n) is 3.28. The Morgan fingerprint density at radius 2 is 0.317 bits per heavy atom. The minimum Gasteiger partial charge on any atom is -0.281 e. The molecular formula is C18HF37KO3S+. The van der Waals surface area contributed by atoms with E-state index in [9.17, 15) is 171 Å². The van der Waals surface area contributed by atoms with Crippen molar-refractivity contribution in [2.75, 3.05) is 0 Å². The summed E-state index contributed by atoms with van der Waals surface area (Å²) in [4.78, 5) is 0. The van der Waals surface area contributed by atoms with E-state index in [0.29, 0.717) is 0 Å². The molecule has 3 nitrogen and oxygen atoms in total. The molecule has 60 heavy (non-hydrogen) atoms. The maximum Gasteiger partial charge on any atom is 1.00 e. The van der Waals surface area contributed by atoms with Gasteiger partial charge in [-0.25, -0.2) is 0 Å². The molecule has 356 valence electrons. The summed E-state index contributed by atoms with van der Waals surface area (Å²) in [5.74, 6) is -161. The van der Waals surface area contributed by atoms with Crippen LogP contribution in [0.25, 0.3) is 0 Å². The van der Waals surface area contributed by atoms with Crippen molar-refractivity contribution < 1.29 is 227 Å². The van der Waals surface area contributed by atoms with Crippen molar-refractivity contribution in [3.8, 4) is 0 Å². The molecular weight excluding hydrogens is 1040 g/mol. The zero-order chi connectivity index (χ0) is 49.5. The predicted octanol–water partition coefficient (Wildman–Crippen LogP) is 8.20. The first-order chi connectivity index (χ1) is 24.5. The predicted molar refractivity (Wildman–Crippen MR) is 102 cm³/mol. The van der Waals surface area contributed by atoms with E-state index >= 15 is 0 Å². The van der Waals surface area contributed by atoms with Crippen molar-refractivity contribution in [2.24, 2.45) is 0 Å². The van der Waals surface area contributed by atoms with Crippen molar-refractivity contribution in [1.82, 2.24) is 0 Å². The number of rotatable bonds is 17. The van der Waals surface area contributed by atoms with Crippen LogP contribution >= 0.6 is 0 Å². The van der Waals surface area contributed by atoms with E-state index in [1.54, 1.807) is 0 Å². The van der Waals surface area contributed by atoms with Crippen molar-refractivity contribution in [3.63, 3.8) is 0 Å². The number of halogens is 37. The van der Waals surface area contributed by atoms with E-state index in [4.69, 9.17) is 4.55 Å². The van der Waals surface area contributed by atoms with Crippen LogP contribution in [0.5, 0.6) is 0 Å². The normalized spacial score (nSPS) is 17.2. The molecule has 0 aromatic rings. The van der Waals surface area contributed by atoms with Crippen LogP contribution in [0, 0.1) is 0 Å². The molecule has 0 fully saturated rings. The average molecular weight is 1040 g/mol. The molecule has 0 spiro atoms. The number of hydrogen-bond donors (Lipinski definition) is 1. The first kappa shape index (κ1) is 61.0. The summed E-state index contributed by atoms with van der Waals surface area (Å²) < 4.78 is 526. The van der Waals surface area contributed by atoms with Gasteiger partial charge in [0.25, 0.3) is 0 Å². The van der Waals surface area contributed by atoms with Gasteiger partial charge in [0.05, 0.1) is 0 Å². The third-order valence-electron chi connectivity index (χ3n) is 6.96. The molecule has 42 heteroatoms. The van der Waals surface area contributed by atoms with Crippen LogP contribution in [-0.4, -0.2) is 119 Å². The molecule has 0 rings (SSSR count). The van der Waals surface area contributed by atoms with Crippen LogP contribution in [0.15, 0.2) is 0 Å². The zero-order valence-electron chi connectivity index (χ0n) is 25.7. The van der Waals surface area contributed by atoms with Gasteiger partial charge in [-0.05, 0) is 0 Å². The van der Waals surface area contributed by atoms with Gasteiger partial charge in [-0.1, -0.05) is 0 Å². The summed E-state index contributed by atoms with van der Waals surface area (Å²) in [6, 6.07) is 0. The van der Waals surface area contributed by atoms with Gasteiger partial charge >= 0.3 is 168 Å². The molecule has 0 aliphatic rings. The van der Waals surface area contributed by atoms with Crippen LogP contribution in [0.1, 0.15) is 0 Å².